The zero-order valence-corrected chi connectivity index (χ0v) is 20.5. The summed E-state index contributed by atoms with van der Waals surface area (Å²) in [4.78, 5) is 37.5. The molecule has 0 spiro atoms. The molecule has 7 nitrogen and oxygen atoms in total. The van der Waals surface area contributed by atoms with Crippen LogP contribution in [-0.4, -0.2) is 51.6 Å². The van der Waals surface area contributed by atoms with Crippen LogP contribution in [-0.2, 0) is 25.7 Å². The van der Waals surface area contributed by atoms with Gasteiger partial charge in [0.2, 0.25) is 10.9 Å². The average Bonchev–Trinajstić information content (AvgIpc) is 2.84. The highest BCUT2D eigenvalue weighted by molar-refractivity contribution is 8.22. The normalized spacial score (nSPS) is 17.5. The first-order valence-corrected chi connectivity index (χ1v) is 12.2. The third kappa shape index (κ3) is 5.57. The lowest BCUT2D eigenvalue weighted by Gasteiger charge is -2.51. The Labute approximate surface area is 206 Å². The highest BCUT2D eigenvalue weighted by Gasteiger charge is 2.62. The van der Waals surface area contributed by atoms with Crippen LogP contribution in [0.2, 0.25) is 0 Å². The molecule has 1 saturated heterocycles. The standard InChI is InChI=1S/C23H24Cl2N2O5S/c1-22(2,33-25)23(24,21(30)32-14-16-9-5-3-6-10-16)27-13-18(20(27)29)26-19(28)15-31-17-11-7-4-8-12-17/h3-12,18H,13-15H2,1-2H3,(H,26,28). The second-order valence-corrected chi connectivity index (χ2v) is 10.1. The Kier molecular flexibility index (Phi) is 8.15. The number of para-hydroxylation sites is 1. The van der Waals surface area contributed by atoms with Gasteiger partial charge in [0, 0.05) is 0 Å². The first-order valence-electron chi connectivity index (χ1n) is 10.2. The van der Waals surface area contributed by atoms with E-state index in [2.05, 4.69) is 5.32 Å². The van der Waals surface area contributed by atoms with Gasteiger partial charge in [-0.25, -0.2) is 4.79 Å². The van der Waals surface area contributed by atoms with Crippen LogP contribution >= 0.6 is 33.3 Å². The second-order valence-electron chi connectivity index (χ2n) is 7.94. The van der Waals surface area contributed by atoms with Gasteiger partial charge >= 0.3 is 5.97 Å². The van der Waals surface area contributed by atoms with Crippen LogP contribution in [0.15, 0.2) is 60.7 Å². The number of ether oxygens (including phenoxy) is 2. The van der Waals surface area contributed by atoms with Crippen LogP contribution in [0.25, 0.3) is 0 Å². The number of alkyl halides is 1. The molecule has 1 N–H and O–H groups in total. The molecular weight excluding hydrogens is 487 g/mol. The molecule has 33 heavy (non-hydrogen) atoms. The molecular formula is C23H24Cl2N2O5S. The molecule has 0 bridgehead atoms. The predicted molar refractivity (Wildman–Crippen MR) is 128 cm³/mol. The van der Waals surface area contributed by atoms with E-state index in [1.807, 2.05) is 36.4 Å². The number of hydrogen-bond donors (Lipinski definition) is 1. The zero-order chi connectivity index (χ0) is 24.1. The summed E-state index contributed by atoms with van der Waals surface area (Å²) in [5.74, 6) is -1.23. The third-order valence-corrected chi connectivity index (χ3v) is 8.00. The van der Waals surface area contributed by atoms with E-state index in [0.29, 0.717) is 5.75 Å². The van der Waals surface area contributed by atoms with E-state index in [1.54, 1.807) is 38.1 Å². The van der Waals surface area contributed by atoms with Gasteiger partial charge in [-0.15, -0.1) is 0 Å². The predicted octanol–water partition coefficient (Wildman–Crippen LogP) is 3.74. The molecule has 2 atom stereocenters. The van der Waals surface area contributed by atoms with Crippen molar-refractivity contribution in [3.63, 3.8) is 0 Å². The minimum Gasteiger partial charge on any atom is -0.484 e. The van der Waals surface area contributed by atoms with Crippen molar-refractivity contribution in [1.29, 1.82) is 0 Å². The fourth-order valence-corrected chi connectivity index (χ4v) is 4.34. The van der Waals surface area contributed by atoms with Gasteiger partial charge < -0.3 is 19.7 Å². The SMILES string of the molecule is CC(C)(SCl)C(Cl)(C(=O)OCc1ccccc1)N1CC(NC(=O)COc2ccccc2)C1=O. The average molecular weight is 511 g/mol. The van der Waals surface area contributed by atoms with Crippen molar-refractivity contribution in [2.45, 2.75) is 36.2 Å². The molecule has 1 fully saturated rings. The third-order valence-electron chi connectivity index (χ3n) is 5.22. The number of halogens is 2. The fraction of sp³-hybridized carbons (Fsp3) is 0.348. The van der Waals surface area contributed by atoms with Crippen LogP contribution in [0.1, 0.15) is 19.4 Å². The summed E-state index contributed by atoms with van der Waals surface area (Å²) in [5.41, 5.74) is 0.777. The largest absolute Gasteiger partial charge is 0.484 e. The quantitative estimate of drug-likeness (QED) is 0.227. The van der Waals surface area contributed by atoms with E-state index in [9.17, 15) is 14.4 Å². The van der Waals surface area contributed by atoms with Gasteiger partial charge in [0.15, 0.2) is 6.61 Å². The lowest BCUT2D eigenvalue weighted by Crippen LogP contribution is -2.75. The first kappa shape index (κ1) is 25.2. The van der Waals surface area contributed by atoms with E-state index in [-0.39, 0.29) is 19.8 Å². The number of carbonyl (C=O) groups is 3. The van der Waals surface area contributed by atoms with Gasteiger partial charge in [0.1, 0.15) is 18.4 Å². The van der Waals surface area contributed by atoms with Crippen molar-refractivity contribution in [3.8, 4) is 5.75 Å². The lowest BCUT2D eigenvalue weighted by atomic mass is 9.94. The van der Waals surface area contributed by atoms with Crippen molar-refractivity contribution in [2.75, 3.05) is 13.2 Å². The number of nitrogens with one attached hydrogen (secondary N) is 1. The Morgan fingerprint density at radius 2 is 1.73 bits per heavy atom. The molecule has 1 aliphatic heterocycles. The molecule has 0 aromatic heterocycles. The molecule has 0 saturated carbocycles. The van der Waals surface area contributed by atoms with E-state index < -0.39 is 33.6 Å². The summed E-state index contributed by atoms with van der Waals surface area (Å²) in [6.45, 7) is 3.07. The number of carbonyl (C=O) groups excluding carboxylic acids is 3. The monoisotopic (exact) mass is 510 g/mol. The number of esters is 1. The Bertz CT molecular complexity index is 993. The molecule has 1 aliphatic rings. The number of nitrogens with zero attached hydrogens (tertiary/aromatic N) is 1. The van der Waals surface area contributed by atoms with E-state index >= 15 is 0 Å². The highest BCUT2D eigenvalue weighted by Crippen LogP contribution is 2.47. The molecule has 0 aliphatic carbocycles. The van der Waals surface area contributed by atoms with Gasteiger partial charge in [-0.1, -0.05) is 60.1 Å². The molecule has 3 rings (SSSR count). The number of amides is 2. The summed E-state index contributed by atoms with van der Waals surface area (Å²) < 4.78 is 9.75. The summed E-state index contributed by atoms with van der Waals surface area (Å²) in [7, 11) is 6.85. The Morgan fingerprint density at radius 3 is 2.30 bits per heavy atom. The van der Waals surface area contributed by atoms with Crippen molar-refractivity contribution in [2.24, 2.45) is 0 Å². The summed E-state index contributed by atoms with van der Waals surface area (Å²) in [5, 5.41) is 2.60. The number of rotatable bonds is 10. The van der Waals surface area contributed by atoms with Crippen LogP contribution < -0.4 is 10.1 Å². The van der Waals surface area contributed by atoms with Crippen LogP contribution in [0.3, 0.4) is 0 Å². The maximum Gasteiger partial charge on any atom is 0.349 e. The summed E-state index contributed by atoms with van der Waals surface area (Å²) in [6.07, 6.45) is 0. The smallest absolute Gasteiger partial charge is 0.349 e. The second kappa shape index (κ2) is 10.7. The minimum atomic E-state index is -1.87. The minimum absolute atomic E-state index is 0.00377. The molecule has 2 aromatic carbocycles. The number of hydrogen-bond acceptors (Lipinski definition) is 6. The Balaban J connectivity index is 1.63. The number of β-lactam (4-membered cyclic amide) rings is 1. The van der Waals surface area contributed by atoms with Crippen LogP contribution in [0, 0.1) is 0 Å². The van der Waals surface area contributed by atoms with Crippen molar-refractivity contribution in [3.05, 3.63) is 66.2 Å². The molecule has 2 amide bonds. The maximum absolute atomic E-state index is 13.1. The van der Waals surface area contributed by atoms with Crippen molar-refractivity contribution in [1.82, 2.24) is 10.2 Å². The summed E-state index contributed by atoms with van der Waals surface area (Å²) >= 11 is 6.78. The number of likely N-dealkylation sites (tertiary alicyclic amines) is 1. The van der Waals surface area contributed by atoms with Crippen molar-refractivity contribution >= 4 is 51.0 Å². The van der Waals surface area contributed by atoms with Crippen LogP contribution in [0.4, 0.5) is 0 Å². The first-order chi connectivity index (χ1) is 15.7. The topological polar surface area (TPSA) is 84.9 Å². The van der Waals surface area contributed by atoms with Crippen molar-refractivity contribution < 1.29 is 23.9 Å². The van der Waals surface area contributed by atoms with Gasteiger partial charge in [-0.3, -0.25) is 9.59 Å². The molecule has 10 heteroatoms. The molecule has 2 unspecified atom stereocenters. The van der Waals surface area contributed by atoms with E-state index in [1.165, 1.54) is 4.90 Å². The molecule has 2 aromatic rings. The zero-order valence-electron chi connectivity index (χ0n) is 18.1. The molecule has 176 valence electrons. The van der Waals surface area contributed by atoms with Gasteiger partial charge in [-0.2, -0.15) is 0 Å². The lowest BCUT2D eigenvalue weighted by molar-refractivity contribution is -0.169. The van der Waals surface area contributed by atoms with E-state index in [0.717, 1.165) is 16.5 Å². The fourth-order valence-electron chi connectivity index (χ4n) is 3.26. The van der Waals surface area contributed by atoms with Gasteiger partial charge in [0.05, 0.1) is 11.3 Å². The Hall–Kier alpha value is -2.42. The molecule has 0 radical (unpaired) electrons. The maximum atomic E-state index is 13.1. The summed E-state index contributed by atoms with van der Waals surface area (Å²) in [6, 6.07) is 17.1. The van der Waals surface area contributed by atoms with Gasteiger partial charge in [-0.05, 0) is 53.2 Å². The van der Waals surface area contributed by atoms with Crippen LogP contribution in [0.5, 0.6) is 5.75 Å². The highest BCUT2D eigenvalue weighted by atomic mass is 35.7. The van der Waals surface area contributed by atoms with E-state index in [4.69, 9.17) is 31.8 Å². The molecule has 1 heterocycles. The number of benzene rings is 2. The Morgan fingerprint density at radius 1 is 1.12 bits per heavy atom. The van der Waals surface area contributed by atoms with Gasteiger partial charge in [0.25, 0.3) is 5.91 Å².